The molecule has 0 spiro atoms. The van der Waals surface area contributed by atoms with Gasteiger partial charge in [-0.3, -0.25) is 4.99 Å². The fraction of sp³-hybridized carbons (Fsp3) is 0.412. The van der Waals surface area contributed by atoms with Crippen LogP contribution in [0.15, 0.2) is 33.9 Å². The average Bonchev–Trinajstić information content (AvgIpc) is 3.00. The molecule has 0 saturated carbocycles. The lowest BCUT2D eigenvalue weighted by Crippen LogP contribution is -2.38. The monoisotopic (exact) mass is 522 g/mol. The van der Waals surface area contributed by atoms with E-state index >= 15 is 0 Å². The Morgan fingerprint density at radius 1 is 1.33 bits per heavy atom. The molecule has 2 rings (SSSR count). The maximum Gasteiger partial charge on any atom is 0.191 e. The number of benzene rings is 1. The third kappa shape index (κ3) is 6.68. The molecule has 0 aliphatic carbocycles. The first-order chi connectivity index (χ1) is 11.1. The van der Waals surface area contributed by atoms with Gasteiger partial charge in [-0.1, -0.05) is 28.9 Å². The van der Waals surface area contributed by atoms with Crippen LogP contribution in [0.25, 0.3) is 0 Å². The highest BCUT2D eigenvalue weighted by Gasteiger charge is 2.03. The van der Waals surface area contributed by atoms with Gasteiger partial charge in [-0.25, -0.2) is 4.98 Å². The number of nitrogens with one attached hydrogen (secondary N) is 2. The van der Waals surface area contributed by atoms with Gasteiger partial charge in [0.15, 0.2) is 5.96 Å². The van der Waals surface area contributed by atoms with E-state index in [1.165, 1.54) is 21.0 Å². The van der Waals surface area contributed by atoms with Crippen LogP contribution in [0.2, 0.25) is 0 Å². The topological polar surface area (TPSA) is 49.3 Å². The molecule has 0 unspecified atom stereocenters. The van der Waals surface area contributed by atoms with Crippen LogP contribution in [-0.2, 0) is 19.4 Å². The second-order valence-corrected chi connectivity index (χ2v) is 7.36. The molecule has 0 fully saturated rings. The minimum Gasteiger partial charge on any atom is -0.356 e. The zero-order valence-corrected chi connectivity index (χ0v) is 19.0. The molecule has 24 heavy (non-hydrogen) atoms. The standard InChI is InChI=1S/C17H23BrN4S.HI/c1-4-15-11-21-16(23-15)7-8-20-17(19-3)22-10-13-5-6-14(18)9-12(13)2;/h5-6,9,11H,4,7-8,10H2,1-3H3,(H2,19,20,22);1H. The quantitative estimate of drug-likeness (QED) is 0.338. The van der Waals surface area contributed by atoms with E-state index in [1.54, 1.807) is 18.4 Å². The third-order valence-corrected chi connectivity index (χ3v) is 5.25. The molecule has 0 aliphatic rings. The minimum atomic E-state index is 0. The maximum absolute atomic E-state index is 4.44. The molecular formula is C17H24BrIN4S. The summed E-state index contributed by atoms with van der Waals surface area (Å²) in [5.74, 6) is 0.819. The molecule has 4 nitrogen and oxygen atoms in total. The normalized spacial score (nSPS) is 11.1. The summed E-state index contributed by atoms with van der Waals surface area (Å²) in [6.07, 6.45) is 3.95. The van der Waals surface area contributed by atoms with E-state index in [4.69, 9.17) is 0 Å². The van der Waals surface area contributed by atoms with Crippen LogP contribution in [0, 0.1) is 6.92 Å². The first-order valence-electron chi connectivity index (χ1n) is 7.75. The van der Waals surface area contributed by atoms with Gasteiger partial charge in [0.2, 0.25) is 0 Å². The summed E-state index contributed by atoms with van der Waals surface area (Å²) in [6, 6.07) is 6.32. The van der Waals surface area contributed by atoms with Gasteiger partial charge in [-0.05, 0) is 36.6 Å². The van der Waals surface area contributed by atoms with E-state index in [9.17, 15) is 0 Å². The van der Waals surface area contributed by atoms with E-state index in [1.807, 2.05) is 6.20 Å². The Kier molecular flexibility index (Phi) is 9.84. The number of hydrogen-bond donors (Lipinski definition) is 2. The van der Waals surface area contributed by atoms with Crippen LogP contribution in [-0.4, -0.2) is 24.5 Å². The van der Waals surface area contributed by atoms with Crippen molar-refractivity contribution in [3.63, 3.8) is 0 Å². The smallest absolute Gasteiger partial charge is 0.191 e. The van der Waals surface area contributed by atoms with Crippen molar-refractivity contribution in [3.8, 4) is 0 Å². The molecule has 1 heterocycles. The molecule has 0 bridgehead atoms. The highest BCUT2D eigenvalue weighted by Crippen LogP contribution is 2.15. The number of aryl methyl sites for hydroxylation is 2. The van der Waals surface area contributed by atoms with Crippen molar-refractivity contribution in [2.75, 3.05) is 13.6 Å². The molecule has 7 heteroatoms. The van der Waals surface area contributed by atoms with Gasteiger partial charge >= 0.3 is 0 Å². The molecule has 0 atom stereocenters. The molecule has 0 radical (unpaired) electrons. The van der Waals surface area contributed by atoms with E-state index in [-0.39, 0.29) is 24.0 Å². The van der Waals surface area contributed by atoms with Crippen LogP contribution in [0.5, 0.6) is 0 Å². The number of halogens is 2. The number of aliphatic imine (C=N–C) groups is 1. The fourth-order valence-corrected chi connectivity index (χ4v) is 3.51. The van der Waals surface area contributed by atoms with Crippen molar-refractivity contribution in [1.82, 2.24) is 15.6 Å². The van der Waals surface area contributed by atoms with Crippen LogP contribution in [0.3, 0.4) is 0 Å². The Hall–Kier alpha value is -0.670. The van der Waals surface area contributed by atoms with Gasteiger partial charge in [0, 0.05) is 42.1 Å². The van der Waals surface area contributed by atoms with Crippen molar-refractivity contribution >= 4 is 57.2 Å². The number of nitrogens with zero attached hydrogens (tertiary/aromatic N) is 2. The highest BCUT2D eigenvalue weighted by atomic mass is 127. The molecular weight excluding hydrogens is 499 g/mol. The largest absolute Gasteiger partial charge is 0.356 e. The summed E-state index contributed by atoms with van der Waals surface area (Å²) in [4.78, 5) is 10.0. The number of guanidine groups is 1. The van der Waals surface area contributed by atoms with E-state index < -0.39 is 0 Å². The molecule has 1 aromatic carbocycles. The van der Waals surface area contributed by atoms with Crippen molar-refractivity contribution in [3.05, 3.63) is 49.9 Å². The summed E-state index contributed by atoms with van der Waals surface area (Å²) in [5.41, 5.74) is 2.53. The van der Waals surface area contributed by atoms with Crippen LogP contribution < -0.4 is 10.6 Å². The predicted octanol–water partition coefficient (Wildman–Crippen LogP) is 4.30. The van der Waals surface area contributed by atoms with Crippen molar-refractivity contribution in [1.29, 1.82) is 0 Å². The van der Waals surface area contributed by atoms with Gasteiger partial charge in [0.25, 0.3) is 0 Å². The summed E-state index contributed by atoms with van der Waals surface area (Å²) >= 11 is 5.28. The first kappa shape index (κ1) is 21.4. The molecule has 132 valence electrons. The number of thiazole rings is 1. The van der Waals surface area contributed by atoms with Gasteiger partial charge in [-0.2, -0.15) is 0 Å². The SMILES string of the molecule is CCc1cnc(CCNC(=NC)NCc2ccc(Br)cc2C)s1.I. The lowest BCUT2D eigenvalue weighted by Gasteiger charge is -2.13. The highest BCUT2D eigenvalue weighted by molar-refractivity contribution is 14.0. The second kappa shape index (κ2) is 11.0. The Balaban J connectivity index is 0.00000288. The van der Waals surface area contributed by atoms with E-state index in [2.05, 4.69) is 68.6 Å². The molecule has 0 amide bonds. The number of rotatable bonds is 6. The minimum absolute atomic E-state index is 0. The van der Waals surface area contributed by atoms with Gasteiger partial charge < -0.3 is 10.6 Å². The Labute approximate surface area is 173 Å². The molecule has 0 saturated heterocycles. The zero-order chi connectivity index (χ0) is 16.7. The lowest BCUT2D eigenvalue weighted by molar-refractivity contribution is 0.790. The van der Waals surface area contributed by atoms with Crippen LogP contribution in [0.1, 0.15) is 27.9 Å². The summed E-state index contributed by atoms with van der Waals surface area (Å²) < 4.78 is 1.11. The van der Waals surface area contributed by atoms with Crippen LogP contribution in [0.4, 0.5) is 0 Å². The number of hydrogen-bond acceptors (Lipinski definition) is 3. The average molecular weight is 523 g/mol. The molecule has 2 N–H and O–H groups in total. The molecule has 0 aliphatic heterocycles. The Bertz CT molecular complexity index is 672. The van der Waals surface area contributed by atoms with E-state index in [0.717, 1.165) is 36.4 Å². The predicted molar refractivity (Wildman–Crippen MR) is 118 cm³/mol. The maximum atomic E-state index is 4.44. The molecule has 1 aromatic heterocycles. The van der Waals surface area contributed by atoms with Gasteiger partial charge in [-0.15, -0.1) is 35.3 Å². The van der Waals surface area contributed by atoms with Gasteiger partial charge in [0.05, 0.1) is 5.01 Å². The summed E-state index contributed by atoms with van der Waals surface area (Å²) in [6.45, 7) is 5.86. The van der Waals surface area contributed by atoms with Crippen molar-refractivity contribution < 1.29 is 0 Å². The van der Waals surface area contributed by atoms with Crippen molar-refractivity contribution in [2.24, 2.45) is 4.99 Å². The lowest BCUT2D eigenvalue weighted by atomic mass is 10.1. The second-order valence-electron chi connectivity index (χ2n) is 5.25. The summed E-state index contributed by atoms with van der Waals surface area (Å²) in [5, 5.41) is 7.87. The van der Waals surface area contributed by atoms with E-state index in [0.29, 0.717) is 0 Å². The third-order valence-electron chi connectivity index (χ3n) is 3.56. The molecule has 2 aromatic rings. The van der Waals surface area contributed by atoms with Gasteiger partial charge in [0.1, 0.15) is 0 Å². The first-order valence-corrected chi connectivity index (χ1v) is 9.36. The summed E-state index contributed by atoms with van der Waals surface area (Å²) in [7, 11) is 1.79. The van der Waals surface area contributed by atoms with Crippen LogP contribution >= 0.6 is 51.2 Å². The zero-order valence-electron chi connectivity index (χ0n) is 14.2. The Morgan fingerprint density at radius 2 is 2.12 bits per heavy atom. The fourth-order valence-electron chi connectivity index (χ4n) is 2.17. The van der Waals surface area contributed by atoms with Crippen molar-refractivity contribution in [2.45, 2.75) is 33.2 Å². The number of aromatic nitrogens is 1. The Morgan fingerprint density at radius 3 is 2.75 bits per heavy atom.